The summed E-state index contributed by atoms with van der Waals surface area (Å²) in [6.45, 7) is 3.53. The molecule has 1 fully saturated rings. The number of carbonyl (C=O) groups is 1. The molecule has 23 heavy (non-hydrogen) atoms. The predicted octanol–water partition coefficient (Wildman–Crippen LogP) is 1.13. The summed E-state index contributed by atoms with van der Waals surface area (Å²) < 4.78 is 26.6. The number of methoxy groups -OCH3 is 2. The number of ether oxygens (including phenoxy) is 5. The zero-order chi connectivity index (χ0) is 17.0. The molecule has 0 amide bonds. The van der Waals surface area contributed by atoms with Gasteiger partial charge in [-0.2, -0.15) is 0 Å². The number of aliphatic hydroxyl groups excluding tert-OH is 1. The second kappa shape index (κ2) is 7.16. The third-order valence-corrected chi connectivity index (χ3v) is 3.45. The Labute approximate surface area is 135 Å². The molecule has 0 unspecified atom stereocenters. The molecule has 1 aliphatic rings. The van der Waals surface area contributed by atoms with Gasteiger partial charge in [-0.05, 0) is 38.1 Å². The lowest BCUT2D eigenvalue weighted by Crippen LogP contribution is -2.43. The van der Waals surface area contributed by atoms with Crippen LogP contribution in [0.2, 0.25) is 0 Å². The van der Waals surface area contributed by atoms with E-state index >= 15 is 0 Å². The molecular weight excluding hydrogens is 304 g/mol. The van der Waals surface area contributed by atoms with Crippen molar-refractivity contribution in [1.82, 2.24) is 0 Å². The van der Waals surface area contributed by atoms with E-state index in [1.807, 2.05) is 0 Å². The van der Waals surface area contributed by atoms with E-state index in [2.05, 4.69) is 4.74 Å². The highest BCUT2D eigenvalue weighted by atomic mass is 16.8. The number of aliphatic hydroxyl groups is 1. The minimum Gasteiger partial charge on any atom is -0.497 e. The van der Waals surface area contributed by atoms with Gasteiger partial charge in [-0.1, -0.05) is 0 Å². The minimum atomic E-state index is -1.44. The highest BCUT2D eigenvalue weighted by Gasteiger charge is 2.47. The van der Waals surface area contributed by atoms with Crippen molar-refractivity contribution < 1.29 is 33.6 Å². The van der Waals surface area contributed by atoms with Crippen molar-refractivity contribution in [2.75, 3.05) is 20.8 Å². The van der Waals surface area contributed by atoms with Crippen LogP contribution < -0.4 is 9.47 Å². The normalized spacial score (nSPS) is 24.0. The van der Waals surface area contributed by atoms with Gasteiger partial charge in [0, 0.05) is 0 Å². The van der Waals surface area contributed by atoms with Gasteiger partial charge in [0.15, 0.2) is 11.9 Å². The molecule has 0 radical (unpaired) electrons. The van der Waals surface area contributed by atoms with Gasteiger partial charge < -0.3 is 28.8 Å². The first-order valence-electron chi connectivity index (χ1n) is 7.24. The largest absolute Gasteiger partial charge is 0.497 e. The Morgan fingerprint density at radius 3 is 2.39 bits per heavy atom. The van der Waals surface area contributed by atoms with Crippen molar-refractivity contribution in [2.24, 2.45) is 0 Å². The summed E-state index contributed by atoms with van der Waals surface area (Å²) in [6.07, 6.45) is -2.91. The van der Waals surface area contributed by atoms with E-state index in [4.69, 9.17) is 18.9 Å². The molecule has 2 rings (SSSR count). The molecule has 128 valence electrons. The third kappa shape index (κ3) is 4.34. The van der Waals surface area contributed by atoms with E-state index in [-0.39, 0.29) is 6.61 Å². The summed E-state index contributed by atoms with van der Waals surface area (Å²) in [6, 6.07) is 7.05. The van der Waals surface area contributed by atoms with Crippen LogP contribution in [0.3, 0.4) is 0 Å². The van der Waals surface area contributed by atoms with Gasteiger partial charge in [-0.25, -0.2) is 4.79 Å². The molecule has 1 saturated heterocycles. The van der Waals surface area contributed by atoms with Crippen LogP contribution in [-0.2, 0) is 19.0 Å². The first-order chi connectivity index (χ1) is 10.9. The highest BCUT2D eigenvalue weighted by molar-refractivity contribution is 5.75. The lowest BCUT2D eigenvalue weighted by Gasteiger charge is -2.20. The van der Waals surface area contributed by atoms with Crippen LogP contribution in [-0.4, -0.2) is 56.0 Å². The number of hydrogen-bond donors (Lipinski definition) is 1. The maximum absolute atomic E-state index is 11.5. The summed E-state index contributed by atoms with van der Waals surface area (Å²) in [5.74, 6) is -0.359. The standard InChI is InChI=1S/C16H22O7/c1-16(2)22-12(14(23-16)13(17)15(18)20-4)9-21-11-7-5-10(19-3)6-8-11/h5-8,12-14,17H,9H2,1-4H3/t12-,13+,14+/m0/s1. The fraction of sp³-hybridized carbons (Fsp3) is 0.562. The van der Waals surface area contributed by atoms with E-state index in [1.165, 1.54) is 7.11 Å². The molecule has 1 aromatic carbocycles. The number of rotatable bonds is 6. The zero-order valence-electron chi connectivity index (χ0n) is 13.6. The van der Waals surface area contributed by atoms with Crippen LogP contribution in [0.15, 0.2) is 24.3 Å². The number of benzene rings is 1. The van der Waals surface area contributed by atoms with Crippen molar-refractivity contribution in [3.8, 4) is 11.5 Å². The Morgan fingerprint density at radius 1 is 1.22 bits per heavy atom. The number of carbonyl (C=O) groups excluding carboxylic acids is 1. The van der Waals surface area contributed by atoms with E-state index < -0.39 is 30.1 Å². The molecule has 1 heterocycles. The minimum absolute atomic E-state index is 0.120. The molecular formula is C16H22O7. The van der Waals surface area contributed by atoms with Crippen LogP contribution in [0, 0.1) is 0 Å². The molecule has 1 N–H and O–H groups in total. The lowest BCUT2D eigenvalue weighted by atomic mass is 10.1. The molecule has 0 saturated carbocycles. The quantitative estimate of drug-likeness (QED) is 0.785. The van der Waals surface area contributed by atoms with Crippen molar-refractivity contribution >= 4 is 5.97 Å². The predicted molar refractivity (Wildman–Crippen MR) is 80.3 cm³/mol. The molecule has 1 aliphatic heterocycles. The van der Waals surface area contributed by atoms with Crippen molar-refractivity contribution in [1.29, 1.82) is 0 Å². The molecule has 0 bridgehead atoms. The fourth-order valence-electron chi connectivity index (χ4n) is 2.36. The average Bonchev–Trinajstić information content (AvgIpc) is 2.86. The Morgan fingerprint density at radius 2 is 1.83 bits per heavy atom. The number of hydrogen-bond acceptors (Lipinski definition) is 7. The van der Waals surface area contributed by atoms with Gasteiger partial charge in [0.25, 0.3) is 0 Å². The molecule has 7 nitrogen and oxygen atoms in total. The highest BCUT2D eigenvalue weighted by Crippen LogP contribution is 2.31. The summed E-state index contributed by atoms with van der Waals surface area (Å²) in [5.41, 5.74) is 0. The van der Waals surface area contributed by atoms with Gasteiger partial charge >= 0.3 is 5.97 Å². The van der Waals surface area contributed by atoms with E-state index in [0.717, 1.165) is 5.75 Å². The Balaban J connectivity index is 2.01. The summed E-state index contributed by atoms with van der Waals surface area (Å²) in [5, 5.41) is 10.0. The average molecular weight is 326 g/mol. The summed E-state index contributed by atoms with van der Waals surface area (Å²) in [4.78, 5) is 11.5. The molecule has 0 aliphatic carbocycles. The van der Waals surface area contributed by atoms with Crippen LogP contribution in [0.1, 0.15) is 13.8 Å². The first-order valence-corrected chi connectivity index (χ1v) is 7.24. The van der Waals surface area contributed by atoms with E-state index in [1.54, 1.807) is 45.2 Å². The molecule has 7 heteroatoms. The van der Waals surface area contributed by atoms with Gasteiger partial charge in [0.05, 0.1) is 14.2 Å². The van der Waals surface area contributed by atoms with Gasteiger partial charge in [-0.15, -0.1) is 0 Å². The first kappa shape index (κ1) is 17.5. The van der Waals surface area contributed by atoms with E-state index in [9.17, 15) is 9.90 Å². The molecule has 0 spiro atoms. The zero-order valence-corrected chi connectivity index (χ0v) is 13.6. The third-order valence-electron chi connectivity index (χ3n) is 3.45. The molecule has 1 aromatic rings. The Kier molecular flexibility index (Phi) is 5.46. The lowest BCUT2D eigenvalue weighted by molar-refractivity contribution is -0.171. The van der Waals surface area contributed by atoms with Gasteiger partial charge in [0.1, 0.15) is 30.3 Å². The Bertz CT molecular complexity index is 526. The summed E-state index contributed by atoms with van der Waals surface area (Å²) in [7, 11) is 2.79. The van der Waals surface area contributed by atoms with Crippen molar-refractivity contribution in [3.05, 3.63) is 24.3 Å². The number of esters is 1. The second-order valence-electron chi connectivity index (χ2n) is 5.59. The van der Waals surface area contributed by atoms with Crippen LogP contribution in [0.25, 0.3) is 0 Å². The topological polar surface area (TPSA) is 83.5 Å². The van der Waals surface area contributed by atoms with E-state index in [0.29, 0.717) is 5.75 Å². The maximum Gasteiger partial charge on any atom is 0.337 e. The van der Waals surface area contributed by atoms with Crippen LogP contribution in [0.4, 0.5) is 0 Å². The van der Waals surface area contributed by atoms with Crippen molar-refractivity contribution in [2.45, 2.75) is 37.9 Å². The second-order valence-corrected chi connectivity index (χ2v) is 5.59. The SMILES string of the molecule is COC(=O)[C@H](O)[C@@H]1OC(C)(C)O[C@H]1COc1ccc(OC)cc1. The van der Waals surface area contributed by atoms with Crippen molar-refractivity contribution in [3.63, 3.8) is 0 Å². The maximum atomic E-state index is 11.5. The fourth-order valence-corrected chi connectivity index (χ4v) is 2.36. The van der Waals surface area contributed by atoms with Gasteiger partial charge in [-0.3, -0.25) is 0 Å². The monoisotopic (exact) mass is 326 g/mol. The van der Waals surface area contributed by atoms with Crippen LogP contribution in [0.5, 0.6) is 11.5 Å². The smallest absolute Gasteiger partial charge is 0.337 e. The molecule has 3 atom stereocenters. The Hall–Kier alpha value is -1.83. The molecule has 0 aromatic heterocycles. The van der Waals surface area contributed by atoms with Crippen LogP contribution >= 0.6 is 0 Å². The summed E-state index contributed by atoms with van der Waals surface area (Å²) >= 11 is 0. The van der Waals surface area contributed by atoms with Gasteiger partial charge in [0.2, 0.25) is 0 Å².